The van der Waals surface area contributed by atoms with Gasteiger partial charge in [0.15, 0.2) is 0 Å². The predicted octanol–water partition coefficient (Wildman–Crippen LogP) is 1.62. The minimum absolute atomic E-state index is 0.0485. The molecule has 2 heteroatoms. The van der Waals surface area contributed by atoms with Gasteiger partial charge in [0.2, 0.25) is 0 Å². The molecular formula is C9H18O2. The van der Waals surface area contributed by atoms with Gasteiger partial charge in [-0.1, -0.05) is 27.7 Å². The van der Waals surface area contributed by atoms with E-state index >= 15 is 0 Å². The molecule has 0 saturated heterocycles. The van der Waals surface area contributed by atoms with Gasteiger partial charge in [-0.3, -0.25) is 4.79 Å². The minimum Gasteiger partial charge on any atom is -0.392 e. The molecule has 0 fully saturated rings. The molecule has 0 saturated carbocycles. The molecular weight excluding hydrogens is 140 g/mol. The first kappa shape index (κ1) is 10.6. The molecule has 0 radical (unpaired) electrons. The Bertz CT molecular complexity index is 144. The minimum atomic E-state index is -0.542. The fourth-order valence-corrected chi connectivity index (χ4v) is 0.972. The van der Waals surface area contributed by atoms with Crippen LogP contribution in [0.5, 0.6) is 0 Å². The van der Waals surface area contributed by atoms with Crippen molar-refractivity contribution in [3.63, 3.8) is 0 Å². The van der Waals surface area contributed by atoms with Crippen LogP contribution in [-0.2, 0) is 4.79 Å². The van der Waals surface area contributed by atoms with Gasteiger partial charge in [0.25, 0.3) is 0 Å². The van der Waals surface area contributed by atoms with E-state index in [2.05, 4.69) is 0 Å². The second-order valence-electron chi connectivity index (χ2n) is 4.21. The van der Waals surface area contributed by atoms with E-state index in [1.54, 1.807) is 6.92 Å². The van der Waals surface area contributed by atoms with Crippen LogP contribution in [0.15, 0.2) is 0 Å². The van der Waals surface area contributed by atoms with Gasteiger partial charge in [0.05, 0.1) is 6.10 Å². The quantitative estimate of drug-likeness (QED) is 0.663. The Hall–Kier alpha value is -0.370. The van der Waals surface area contributed by atoms with Gasteiger partial charge in [-0.2, -0.15) is 0 Å². The number of hydrogen-bond donors (Lipinski definition) is 1. The number of carbonyl (C=O) groups excluding carboxylic acids is 1. The maximum atomic E-state index is 10.9. The third-order valence-electron chi connectivity index (χ3n) is 2.00. The normalized spacial score (nSPS) is 17.6. The Morgan fingerprint density at radius 3 is 1.82 bits per heavy atom. The number of aliphatic hydroxyl groups is 1. The highest BCUT2D eigenvalue weighted by Crippen LogP contribution is 2.25. The average Bonchev–Trinajstić information content (AvgIpc) is 1.82. The molecule has 0 aromatic carbocycles. The van der Waals surface area contributed by atoms with E-state index in [1.165, 1.54) is 6.92 Å². The molecule has 0 aliphatic rings. The van der Waals surface area contributed by atoms with Gasteiger partial charge >= 0.3 is 0 Å². The van der Waals surface area contributed by atoms with Crippen LogP contribution in [0.2, 0.25) is 0 Å². The fraction of sp³-hybridized carbons (Fsp3) is 0.889. The molecule has 66 valence electrons. The lowest BCUT2D eigenvalue weighted by atomic mass is 9.81. The zero-order chi connectivity index (χ0) is 9.23. The standard InChI is InChI=1S/C9H18O2/c1-6(7(2)10)8(11)9(3,4)5/h6,8,11H,1-5H3/t6-,8+/m1/s1. The topological polar surface area (TPSA) is 37.3 Å². The molecule has 0 heterocycles. The highest BCUT2D eigenvalue weighted by Gasteiger charge is 2.29. The van der Waals surface area contributed by atoms with Crippen molar-refractivity contribution < 1.29 is 9.90 Å². The van der Waals surface area contributed by atoms with E-state index in [0.717, 1.165) is 0 Å². The number of hydrogen-bond acceptors (Lipinski definition) is 2. The third kappa shape index (κ3) is 3.02. The first-order valence-electron chi connectivity index (χ1n) is 3.95. The summed E-state index contributed by atoms with van der Waals surface area (Å²) in [7, 11) is 0. The Balaban J connectivity index is 4.25. The van der Waals surface area contributed by atoms with Gasteiger partial charge in [-0.05, 0) is 12.3 Å². The van der Waals surface area contributed by atoms with Crippen molar-refractivity contribution in [2.45, 2.75) is 40.7 Å². The summed E-state index contributed by atoms with van der Waals surface area (Å²) in [5.74, 6) is -0.206. The van der Waals surface area contributed by atoms with Crippen molar-refractivity contribution in [3.05, 3.63) is 0 Å². The molecule has 1 N–H and O–H groups in total. The number of rotatable bonds is 2. The van der Waals surface area contributed by atoms with E-state index < -0.39 is 6.10 Å². The summed E-state index contributed by atoms with van der Waals surface area (Å²) in [5.41, 5.74) is -0.203. The van der Waals surface area contributed by atoms with Crippen LogP contribution < -0.4 is 0 Å². The third-order valence-corrected chi connectivity index (χ3v) is 2.00. The maximum Gasteiger partial charge on any atom is 0.135 e. The first-order valence-corrected chi connectivity index (χ1v) is 3.95. The molecule has 2 nitrogen and oxygen atoms in total. The molecule has 0 aromatic heterocycles. The maximum absolute atomic E-state index is 10.9. The highest BCUT2D eigenvalue weighted by molar-refractivity contribution is 5.78. The largest absolute Gasteiger partial charge is 0.392 e. The molecule has 0 aliphatic carbocycles. The van der Waals surface area contributed by atoms with Crippen molar-refractivity contribution in [1.82, 2.24) is 0 Å². The van der Waals surface area contributed by atoms with Crippen molar-refractivity contribution in [2.75, 3.05) is 0 Å². The van der Waals surface area contributed by atoms with Crippen molar-refractivity contribution in [1.29, 1.82) is 0 Å². The Morgan fingerprint density at radius 2 is 1.73 bits per heavy atom. The van der Waals surface area contributed by atoms with E-state index in [9.17, 15) is 9.90 Å². The van der Waals surface area contributed by atoms with Crippen molar-refractivity contribution >= 4 is 5.78 Å². The molecule has 0 aliphatic heterocycles. The lowest BCUT2D eigenvalue weighted by Crippen LogP contribution is -2.35. The van der Waals surface area contributed by atoms with Gasteiger partial charge in [0.1, 0.15) is 5.78 Å². The SMILES string of the molecule is CC(=O)[C@@H](C)[C@H](O)C(C)(C)C. The van der Waals surface area contributed by atoms with Crippen LogP contribution >= 0.6 is 0 Å². The highest BCUT2D eigenvalue weighted by atomic mass is 16.3. The lowest BCUT2D eigenvalue weighted by molar-refractivity contribution is -0.126. The zero-order valence-electron chi connectivity index (χ0n) is 8.01. The van der Waals surface area contributed by atoms with Crippen LogP contribution in [0.25, 0.3) is 0 Å². The van der Waals surface area contributed by atoms with E-state index in [4.69, 9.17) is 0 Å². The second-order valence-corrected chi connectivity index (χ2v) is 4.21. The van der Waals surface area contributed by atoms with Gasteiger partial charge in [-0.15, -0.1) is 0 Å². The molecule has 2 atom stereocenters. The number of ketones is 1. The van der Waals surface area contributed by atoms with Crippen LogP contribution in [0.1, 0.15) is 34.6 Å². The van der Waals surface area contributed by atoms with Gasteiger partial charge in [-0.25, -0.2) is 0 Å². The van der Waals surface area contributed by atoms with E-state index in [0.29, 0.717) is 0 Å². The lowest BCUT2D eigenvalue weighted by Gasteiger charge is -2.29. The monoisotopic (exact) mass is 158 g/mol. The molecule has 0 spiro atoms. The summed E-state index contributed by atoms with van der Waals surface area (Å²) in [6, 6.07) is 0. The zero-order valence-corrected chi connectivity index (χ0v) is 8.01. The summed E-state index contributed by atoms with van der Waals surface area (Å²) >= 11 is 0. The Labute approximate surface area is 68.6 Å². The average molecular weight is 158 g/mol. The second kappa shape index (κ2) is 3.35. The Morgan fingerprint density at radius 1 is 1.36 bits per heavy atom. The summed E-state index contributed by atoms with van der Waals surface area (Å²) in [6.45, 7) is 9.06. The summed E-state index contributed by atoms with van der Waals surface area (Å²) < 4.78 is 0. The van der Waals surface area contributed by atoms with E-state index in [1.807, 2.05) is 20.8 Å². The van der Waals surface area contributed by atoms with Crippen LogP contribution in [0, 0.1) is 11.3 Å². The fourth-order valence-electron chi connectivity index (χ4n) is 0.972. The van der Waals surface area contributed by atoms with Gasteiger partial charge < -0.3 is 5.11 Å². The summed E-state index contributed by atoms with van der Waals surface area (Å²) in [4.78, 5) is 10.9. The Kier molecular flexibility index (Phi) is 3.24. The summed E-state index contributed by atoms with van der Waals surface area (Å²) in [6.07, 6.45) is -0.542. The van der Waals surface area contributed by atoms with Crippen LogP contribution in [-0.4, -0.2) is 17.0 Å². The van der Waals surface area contributed by atoms with E-state index in [-0.39, 0.29) is 17.1 Å². The molecule has 0 amide bonds. The molecule has 0 bridgehead atoms. The molecule has 11 heavy (non-hydrogen) atoms. The first-order chi connectivity index (χ1) is 4.76. The van der Waals surface area contributed by atoms with Crippen LogP contribution in [0.4, 0.5) is 0 Å². The van der Waals surface area contributed by atoms with Crippen molar-refractivity contribution in [3.8, 4) is 0 Å². The van der Waals surface area contributed by atoms with Crippen molar-refractivity contribution in [2.24, 2.45) is 11.3 Å². The predicted molar refractivity (Wildman–Crippen MR) is 45.3 cm³/mol. The smallest absolute Gasteiger partial charge is 0.135 e. The summed E-state index contributed by atoms with van der Waals surface area (Å²) in [5, 5.41) is 9.60. The number of carbonyl (C=O) groups is 1. The number of Topliss-reactive ketones (excluding diaryl/α,β-unsaturated/α-hetero) is 1. The molecule has 0 aromatic rings. The molecule has 0 rings (SSSR count). The number of aliphatic hydroxyl groups excluding tert-OH is 1. The van der Waals surface area contributed by atoms with Crippen LogP contribution in [0.3, 0.4) is 0 Å². The van der Waals surface area contributed by atoms with Gasteiger partial charge in [0, 0.05) is 5.92 Å². The molecule has 0 unspecified atom stereocenters.